The molecule has 1 aliphatic rings. The lowest BCUT2D eigenvalue weighted by Gasteiger charge is -2.02. The van der Waals surface area contributed by atoms with Gasteiger partial charge in [0.15, 0.2) is 6.40 Å². The van der Waals surface area contributed by atoms with Crippen LogP contribution in [0.2, 0.25) is 0 Å². The molecule has 0 saturated heterocycles. The van der Waals surface area contributed by atoms with E-state index >= 15 is 0 Å². The molecule has 0 aliphatic carbocycles. The van der Waals surface area contributed by atoms with Crippen LogP contribution in [-0.2, 0) is 4.74 Å². The molecule has 0 atom stereocenters. The number of hydrogen-bond acceptors (Lipinski definition) is 2. The molecule has 0 radical (unpaired) electrons. The average molecular weight is 249 g/mol. The molecular formula is C17H15NO. The quantitative estimate of drug-likeness (QED) is 0.551. The first kappa shape index (κ1) is 11.7. The molecule has 2 nitrogen and oxygen atoms in total. The summed E-state index contributed by atoms with van der Waals surface area (Å²) in [4.78, 5) is 3.74. The Hall–Kier alpha value is -2.35. The highest BCUT2D eigenvalue weighted by atomic mass is 16.5. The summed E-state index contributed by atoms with van der Waals surface area (Å²) in [6.45, 7) is 1.62. The summed E-state index contributed by atoms with van der Waals surface area (Å²) in [6, 6.07) is 21.4. The maximum absolute atomic E-state index is 4.65. The van der Waals surface area contributed by atoms with Crippen molar-refractivity contribution < 1.29 is 4.74 Å². The topological polar surface area (TPSA) is 21.6 Å². The van der Waals surface area contributed by atoms with Crippen LogP contribution in [0, 0.1) is 0 Å². The molecule has 0 saturated carbocycles. The van der Waals surface area contributed by atoms with Gasteiger partial charge in [-0.05, 0) is 21.5 Å². The second kappa shape index (κ2) is 5.53. The minimum Gasteiger partial charge on any atom is -0.482 e. The number of fused-ring (bicyclic) bond motifs is 3. The van der Waals surface area contributed by atoms with E-state index in [2.05, 4.69) is 70.4 Å². The van der Waals surface area contributed by atoms with Crippen LogP contribution in [-0.4, -0.2) is 19.6 Å². The molecule has 1 heterocycles. The van der Waals surface area contributed by atoms with Gasteiger partial charge in [0, 0.05) is 0 Å². The van der Waals surface area contributed by atoms with Gasteiger partial charge in [-0.25, -0.2) is 0 Å². The van der Waals surface area contributed by atoms with Crippen LogP contribution in [0.3, 0.4) is 0 Å². The number of benzene rings is 3. The zero-order chi connectivity index (χ0) is 12.9. The summed E-state index contributed by atoms with van der Waals surface area (Å²) in [5.41, 5.74) is 0. The van der Waals surface area contributed by atoms with Gasteiger partial charge in [-0.3, -0.25) is 4.99 Å². The van der Waals surface area contributed by atoms with Crippen LogP contribution in [0.5, 0.6) is 0 Å². The lowest BCUT2D eigenvalue weighted by atomic mass is 10.0. The van der Waals surface area contributed by atoms with E-state index in [-0.39, 0.29) is 0 Å². The number of rotatable bonds is 0. The Bertz CT molecular complexity index is 658. The van der Waals surface area contributed by atoms with Crippen molar-refractivity contribution in [3.8, 4) is 0 Å². The van der Waals surface area contributed by atoms with E-state index in [9.17, 15) is 0 Å². The van der Waals surface area contributed by atoms with Crippen LogP contribution in [0.1, 0.15) is 0 Å². The first-order valence-electron chi connectivity index (χ1n) is 6.41. The second-order valence-corrected chi connectivity index (χ2v) is 4.39. The average Bonchev–Trinajstić information content (AvgIpc) is 3.07. The predicted molar refractivity (Wildman–Crippen MR) is 80.8 cm³/mol. The van der Waals surface area contributed by atoms with E-state index in [0.29, 0.717) is 0 Å². The predicted octanol–water partition coefficient (Wildman–Crippen LogP) is 4.04. The fourth-order valence-corrected chi connectivity index (χ4v) is 2.22. The third-order valence-electron chi connectivity index (χ3n) is 3.14. The summed E-state index contributed by atoms with van der Waals surface area (Å²) in [6.07, 6.45) is 1.49. The lowest BCUT2D eigenvalue weighted by molar-refractivity contribution is 0.361. The summed E-state index contributed by atoms with van der Waals surface area (Å²) in [7, 11) is 0. The molecule has 94 valence electrons. The van der Waals surface area contributed by atoms with Crippen molar-refractivity contribution in [3.05, 3.63) is 60.7 Å². The maximum Gasteiger partial charge on any atom is 0.169 e. The maximum atomic E-state index is 4.65. The largest absolute Gasteiger partial charge is 0.482 e. The van der Waals surface area contributed by atoms with Gasteiger partial charge in [0.1, 0.15) is 6.61 Å². The van der Waals surface area contributed by atoms with Gasteiger partial charge in [0.2, 0.25) is 0 Å². The first-order valence-corrected chi connectivity index (χ1v) is 6.41. The standard InChI is InChI=1S/C14H10.C3H5NO/c1-3-7-13-11(5-1)9-10-12-6-2-4-8-14(12)13;1-2-5-3-4-1/h1-10H;3H,1-2H2. The van der Waals surface area contributed by atoms with Gasteiger partial charge in [-0.1, -0.05) is 60.7 Å². The molecule has 0 N–H and O–H groups in total. The van der Waals surface area contributed by atoms with Crippen LogP contribution >= 0.6 is 0 Å². The van der Waals surface area contributed by atoms with Gasteiger partial charge in [0.25, 0.3) is 0 Å². The first-order chi connectivity index (χ1) is 9.45. The fourth-order valence-electron chi connectivity index (χ4n) is 2.22. The smallest absolute Gasteiger partial charge is 0.169 e. The summed E-state index contributed by atoms with van der Waals surface area (Å²) in [5.74, 6) is 0. The molecule has 0 bridgehead atoms. The van der Waals surface area contributed by atoms with E-state index in [1.807, 2.05) is 0 Å². The summed E-state index contributed by atoms with van der Waals surface area (Å²) < 4.78 is 4.65. The SMILES string of the molecule is C1=NCCO1.c1ccc2c(c1)ccc1ccccc12. The van der Waals surface area contributed by atoms with Crippen molar-refractivity contribution in [1.29, 1.82) is 0 Å². The number of nitrogens with zero attached hydrogens (tertiary/aromatic N) is 1. The van der Waals surface area contributed by atoms with Crippen molar-refractivity contribution in [3.63, 3.8) is 0 Å². The Balaban J connectivity index is 0.000000187. The third kappa shape index (κ3) is 2.58. The highest BCUT2D eigenvalue weighted by Crippen LogP contribution is 2.24. The molecule has 19 heavy (non-hydrogen) atoms. The van der Waals surface area contributed by atoms with Gasteiger partial charge >= 0.3 is 0 Å². The number of aliphatic imine (C=N–C) groups is 1. The molecule has 1 aliphatic heterocycles. The van der Waals surface area contributed by atoms with Crippen LogP contribution in [0.15, 0.2) is 65.7 Å². The van der Waals surface area contributed by atoms with Gasteiger partial charge in [0.05, 0.1) is 6.54 Å². The Labute approximate surface area is 112 Å². The van der Waals surface area contributed by atoms with Gasteiger partial charge < -0.3 is 4.74 Å². The van der Waals surface area contributed by atoms with Crippen LogP contribution in [0.25, 0.3) is 21.5 Å². The van der Waals surface area contributed by atoms with E-state index < -0.39 is 0 Å². The molecule has 3 aromatic rings. The molecule has 0 amide bonds. The van der Waals surface area contributed by atoms with E-state index in [1.165, 1.54) is 27.9 Å². The molecule has 0 spiro atoms. The highest BCUT2D eigenvalue weighted by molar-refractivity contribution is 6.07. The summed E-state index contributed by atoms with van der Waals surface area (Å²) in [5, 5.41) is 5.30. The Kier molecular flexibility index (Phi) is 3.41. The van der Waals surface area contributed by atoms with Crippen molar-refractivity contribution >= 4 is 27.9 Å². The van der Waals surface area contributed by atoms with Gasteiger partial charge in [-0.2, -0.15) is 0 Å². The molecule has 3 aromatic carbocycles. The molecule has 2 heteroatoms. The minimum atomic E-state index is 0.778. The highest BCUT2D eigenvalue weighted by Gasteiger charge is 1.97. The Morgan fingerprint density at radius 3 is 1.74 bits per heavy atom. The molecular weight excluding hydrogens is 234 g/mol. The fraction of sp³-hybridized carbons (Fsp3) is 0.118. The van der Waals surface area contributed by atoms with E-state index in [0.717, 1.165) is 13.2 Å². The van der Waals surface area contributed by atoms with E-state index in [1.54, 1.807) is 0 Å². The molecule has 4 rings (SSSR count). The van der Waals surface area contributed by atoms with Crippen LogP contribution < -0.4 is 0 Å². The molecule has 0 aromatic heterocycles. The van der Waals surface area contributed by atoms with Gasteiger partial charge in [-0.15, -0.1) is 0 Å². The van der Waals surface area contributed by atoms with Crippen molar-refractivity contribution in [1.82, 2.24) is 0 Å². The zero-order valence-electron chi connectivity index (χ0n) is 10.6. The molecule has 0 fully saturated rings. The minimum absolute atomic E-state index is 0.778. The molecule has 0 unspecified atom stereocenters. The monoisotopic (exact) mass is 249 g/mol. The normalized spacial score (nSPS) is 13.1. The van der Waals surface area contributed by atoms with Crippen molar-refractivity contribution in [2.75, 3.05) is 13.2 Å². The van der Waals surface area contributed by atoms with Crippen molar-refractivity contribution in [2.24, 2.45) is 4.99 Å². The summed E-state index contributed by atoms with van der Waals surface area (Å²) >= 11 is 0. The Morgan fingerprint density at radius 2 is 1.32 bits per heavy atom. The second-order valence-electron chi connectivity index (χ2n) is 4.39. The third-order valence-corrected chi connectivity index (χ3v) is 3.14. The number of ether oxygens (including phenoxy) is 1. The van der Waals surface area contributed by atoms with Crippen LogP contribution in [0.4, 0.5) is 0 Å². The van der Waals surface area contributed by atoms with E-state index in [4.69, 9.17) is 0 Å². The number of hydrogen-bond donors (Lipinski definition) is 0. The Morgan fingerprint density at radius 1 is 0.737 bits per heavy atom. The van der Waals surface area contributed by atoms with Crippen molar-refractivity contribution in [2.45, 2.75) is 0 Å². The zero-order valence-corrected chi connectivity index (χ0v) is 10.6. The lowest BCUT2D eigenvalue weighted by Crippen LogP contribution is -1.80.